The van der Waals surface area contributed by atoms with E-state index in [-0.39, 0.29) is 6.10 Å². The molecule has 0 spiro atoms. The van der Waals surface area contributed by atoms with Gasteiger partial charge in [-0.25, -0.2) is 0 Å². The Morgan fingerprint density at radius 1 is 1.50 bits per heavy atom. The molecule has 0 bridgehead atoms. The molecule has 1 aliphatic heterocycles. The third kappa shape index (κ3) is 1.84. The number of fused-ring (bicyclic) bond motifs is 1. The van der Waals surface area contributed by atoms with E-state index >= 15 is 0 Å². The summed E-state index contributed by atoms with van der Waals surface area (Å²) >= 11 is 0. The van der Waals surface area contributed by atoms with Crippen LogP contribution in [0.15, 0.2) is 18.2 Å². The zero-order valence-corrected chi connectivity index (χ0v) is 8.84. The van der Waals surface area contributed by atoms with Gasteiger partial charge in [-0.3, -0.25) is 0 Å². The third-order valence-electron chi connectivity index (χ3n) is 2.49. The number of aryl methyl sites for hydroxylation is 1. The summed E-state index contributed by atoms with van der Waals surface area (Å²) in [5, 5.41) is 3.39. The van der Waals surface area contributed by atoms with Crippen LogP contribution in [-0.4, -0.2) is 12.6 Å². The monoisotopic (exact) mass is 191 g/mol. The topological polar surface area (TPSA) is 21.3 Å². The van der Waals surface area contributed by atoms with Crippen molar-refractivity contribution in [3.8, 4) is 5.75 Å². The molecule has 1 unspecified atom stereocenters. The van der Waals surface area contributed by atoms with E-state index in [0.717, 1.165) is 24.4 Å². The van der Waals surface area contributed by atoms with Gasteiger partial charge in [-0.05, 0) is 31.0 Å². The summed E-state index contributed by atoms with van der Waals surface area (Å²) in [6, 6.07) is 6.43. The molecule has 1 aliphatic rings. The second kappa shape index (κ2) is 3.91. The van der Waals surface area contributed by atoms with Gasteiger partial charge in [-0.1, -0.05) is 19.4 Å². The van der Waals surface area contributed by atoms with E-state index in [1.807, 2.05) is 0 Å². The summed E-state index contributed by atoms with van der Waals surface area (Å²) in [6.07, 6.45) is 2.61. The van der Waals surface area contributed by atoms with E-state index in [1.54, 1.807) is 0 Å². The maximum atomic E-state index is 5.70. The zero-order chi connectivity index (χ0) is 9.97. The van der Waals surface area contributed by atoms with Crippen LogP contribution in [0.4, 0.5) is 5.69 Å². The Balaban J connectivity index is 2.22. The smallest absolute Gasteiger partial charge is 0.142 e. The first-order chi connectivity index (χ1) is 6.79. The highest BCUT2D eigenvalue weighted by Crippen LogP contribution is 2.30. The average Bonchev–Trinajstić information content (AvgIpc) is 2.19. The van der Waals surface area contributed by atoms with Crippen LogP contribution in [0.3, 0.4) is 0 Å². The minimum absolute atomic E-state index is 0.277. The lowest BCUT2D eigenvalue weighted by Crippen LogP contribution is -2.27. The Kier molecular flexibility index (Phi) is 2.62. The lowest BCUT2D eigenvalue weighted by atomic mass is 10.1. The van der Waals surface area contributed by atoms with Crippen LogP contribution in [0.1, 0.15) is 25.8 Å². The van der Waals surface area contributed by atoms with Gasteiger partial charge in [0.05, 0.1) is 12.2 Å². The first-order valence-electron chi connectivity index (χ1n) is 5.33. The maximum Gasteiger partial charge on any atom is 0.142 e. The molecule has 0 fully saturated rings. The standard InChI is InChI=1S/C12H17NO/c1-3-4-10-5-6-12-11(7-10)13-8-9(2)14-12/h5-7,9,13H,3-4,8H2,1-2H3. The Morgan fingerprint density at radius 2 is 2.36 bits per heavy atom. The number of ether oxygens (including phenoxy) is 1. The molecule has 2 rings (SSSR count). The molecule has 1 heterocycles. The fourth-order valence-electron chi connectivity index (χ4n) is 1.77. The highest BCUT2D eigenvalue weighted by Gasteiger charge is 2.14. The van der Waals surface area contributed by atoms with Crippen LogP contribution in [0.5, 0.6) is 5.75 Å². The van der Waals surface area contributed by atoms with Crippen molar-refractivity contribution in [1.82, 2.24) is 0 Å². The molecule has 1 N–H and O–H groups in total. The minimum atomic E-state index is 0.277. The Morgan fingerprint density at radius 3 is 3.14 bits per heavy atom. The van der Waals surface area contributed by atoms with Gasteiger partial charge >= 0.3 is 0 Å². The summed E-state index contributed by atoms with van der Waals surface area (Å²) in [6.45, 7) is 5.18. The van der Waals surface area contributed by atoms with E-state index in [4.69, 9.17) is 4.74 Å². The van der Waals surface area contributed by atoms with Crippen LogP contribution in [0.25, 0.3) is 0 Å². The fraction of sp³-hybridized carbons (Fsp3) is 0.500. The molecule has 2 heteroatoms. The van der Waals surface area contributed by atoms with Crippen LogP contribution in [0, 0.1) is 0 Å². The summed E-state index contributed by atoms with van der Waals surface area (Å²) in [5.41, 5.74) is 2.53. The van der Waals surface area contributed by atoms with Gasteiger partial charge in [0.15, 0.2) is 0 Å². The maximum absolute atomic E-state index is 5.70. The van der Waals surface area contributed by atoms with Gasteiger partial charge in [0, 0.05) is 0 Å². The third-order valence-corrected chi connectivity index (χ3v) is 2.49. The highest BCUT2D eigenvalue weighted by molar-refractivity contribution is 5.59. The molecule has 0 radical (unpaired) electrons. The summed E-state index contributed by atoms with van der Waals surface area (Å²) < 4.78 is 5.70. The van der Waals surface area contributed by atoms with Gasteiger partial charge in [0.25, 0.3) is 0 Å². The van der Waals surface area contributed by atoms with Crippen molar-refractivity contribution >= 4 is 5.69 Å². The van der Waals surface area contributed by atoms with Crippen molar-refractivity contribution in [2.75, 3.05) is 11.9 Å². The molecule has 0 amide bonds. The molecular formula is C12H17NO. The van der Waals surface area contributed by atoms with E-state index in [0.29, 0.717) is 0 Å². The molecule has 14 heavy (non-hydrogen) atoms. The Hall–Kier alpha value is -1.18. The summed E-state index contributed by atoms with van der Waals surface area (Å²) in [5.74, 6) is 0.989. The Bertz CT molecular complexity index is 322. The molecule has 0 saturated heterocycles. The first-order valence-corrected chi connectivity index (χ1v) is 5.33. The number of anilines is 1. The predicted molar refractivity (Wildman–Crippen MR) is 59.0 cm³/mol. The molecule has 1 atom stereocenters. The van der Waals surface area contributed by atoms with Gasteiger partial charge < -0.3 is 10.1 Å². The molecule has 2 nitrogen and oxygen atoms in total. The first kappa shape index (κ1) is 9.38. The van der Waals surface area contributed by atoms with E-state index in [1.165, 1.54) is 12.0 Å². The normalized spacial score (nSPS) is 19.4. The predicted octanol–water partition coefficient (Wildman–Crippen LogP) is 2.83. The number of hydrogen-bond donors (Lipinski definition) is 1. The summed E-state index contributed by atoms with van der Waals surface area (Å²) in [7, 11) is 0. The second-order valence-electron chi connectivity index (χ2n) is 3.89. The quantitative estimate of drug-likeness (QED) is 0.776. The van der Waals surface area contributed by atoms with Gasteiger partial charge in [-0.15, -0.1) is 0 Å². The van der Waals surface area contributed by atoms with Gasteiger partial charge in [-0.2, -0.15) is 0 Å². The lowest BCUT2D eigenvalue weighted by Gasteiger charge is -2.25. The van der Waals surface area contributed by atoms with Crippen molar-refractivity contribution in [3.63, 3.8) is 0 Å². The highest BCUT2D eigenvalue weighted by atomic mass is 16.5. The average molecular weight is 191 g/mol. The summed E-state index contributed by atoms with van der Waals surface area (Å²) in [4.78, 5) is 0. The van der Waals surface area contributed by atoms with Crippen molar-refractivity contribution in [3.05, 3.63) is 23.8 Å². The molecule has 0 aliphatic carbocycles. The van der Waals surface area contributed by atoms with E-state index in [9.17, 15) is 0 Å². The van der Waals surface area contributed by atoms with Crippen LogP contribution in [-0.2, 0) is 6.42 Å². The molecule has 1 aromatic rings. The van der Waals surface area contributed by atoms with Crippen molar-refractivity contribution in [1.29, 1.82) is 0 Å². The van der Waals surface area contributed by atoms with Crippen molar-refractivity contribution in [2.24, 2.45) is 0 Å². The largest absolute Gasteiger partial charge is 0.487 e. The fourth-order valence-corrected chi connectivity index (χ4v) is 1.77. The number of benzene rings is 1. The molecular weight excluding hydrogens is 174 g/mol. The second-order valence-corrected chi connectivity index (χ2v) is 3.89. The lowest BCUT2D eigenvalue weighted by molar-refractivity contribution is 0.226. The van der Waals surface area contributed by atoms with E-state index in [2.05, 4.69) is 37.4 Å². The van der Waals surface area contributed by atoms with Crippen LogP contribution < -0.4 is 10.1 Å². The number of nitrogens with one attached hydrogen (secondary N) is 1. The molecule has 76 valence electrons. The molecule has 1 aromatic carbocycles. The van der Waals surface area contributed by atoms with Gasteiger partial charge in [0.1, 0.15) is 11.9 Å². The zero-order valence-electron chi connectivity index (χ0n) is 8.84. The van der Waals surface area contributed by atoms with E-state index < -0.39 is 0 Å². The number of rotatable bonds is 2. The molecule has 0 aromatic heterocycles. The van der Waals surface area contributed by atoms with Crippen LogP contribution >= 0.6 is 0 Å². The number of hydrogen-bond acceptors (Lipinski definition) is 2. The van der Waals surface area contributed by atoms with Crippen LogP contribution in [0.2, 0.25) is 0 Å². The van der Waals surface area contributed by atoms with Crippen molar-refractivity contribution < 1.29 is 4.74 Å². The van der Waals surface area contributed by atoms with Gasteiger partial charge in [0.2, 0.25) is 0 Å². The SMILES string of the molecule is CCCc1ccc2c(c1)NCC(C)O2. The minimum Gasteiger partial charge on any atom is -0.487 e. The molecule has 0 saturated carbocycles. The Labute approximate surface area is 85.3 Å². The van der Waals surface area contributed by atoms with Crippen molar-refractivity contribution in [2.45, 2.75) is 32.8 Å².